The van der Waals surface area contributed by atoms with Crippen molar-refractivity contribution < 1.29 is 69.0 Å². The van der Waals surface area contributed by atoms with E-state index in [1.54, 1.807) is 0 Å². The first-order valence-corrected chi connectivity index (χ1v) is 29.3. The van der Waals surface area contributed by atoms with Gasteiger partial charge in [-0.05, 0) is 38.5 Å². The molecule has 2 rings (SSSR count). The van der Waals surface area contributed by atoms with Gasteiger partial charge in [-0.15, -0.1) is 0 Å². The van der Waals surface area contributed by atoms with Crippen molar-refractivity contribution in [1.29, 1.82) is 0 Å². The van der Waals surface area contributed by atoms with Crippen LogP contribution in [-0.4, -0.2) is 142 Å². The number of carbonyl (C=O) groups excluding carboxylic acids is 1. The quantitative estimate of drug-likeness (QED) is 0.0172. The van der Waals surface area contributed by atoms with Gasteiger partial charge in [0.2, 0.25) is 0 Å². The molecule has 2 aliphatic heterocycles. The maximum atomic E-state index is 13.1. The van der Waals surface area contributed by atoms with Crippen LogP contribution in [0.4, 0.5) is 0 Å². The zero-order chi connectivity index (χ0) is 51.6. The second-order valence-corrected chi connectivity index (χ2v) is 20.8. The molecule has 0 radical (unpaired) electrons. The summed E-state index contributed by atoms with van der Waals surface area (Å²) < 4.78 is 34.4. The highest BCUT2D eigenvalue weighted by molar-refractivity contribution is 5.69. The van der Waals surface area contributed by atoms with Crippen molar-refractivity contribution in [2.45, 2.75) is 313 Å². The van der Waals surface area contributed by atoms with Crippen molar-refractivity contribution in [2.24, 2.45) is 0 Å². The Bertz CT molecular complexity index is 1230. The highest BCUT2D eigenvalue weighted by atomic mass is 16.7. The van der Waals surface area contributed by atoms with E-state index in [9.17, 15) is 40.5 Å². The molecule has 0 spiro atoms. The normalized spacial score (nSPS) is 25.3. The number of aliphatic hydroxyl groups excluding tert-OH is 7. The van der Waals surface area contributed by atoms with Gasteiger partial charge in [-0.25, -0.2) is 0 Å². The number of ether oxygens (including phenoxy) is 6. The first-order chi connectivity index (χ1) is 34.6. The minimum Gasteiger partial charge on any atom is -0.457 e. The Labute approximate surface area is 431 Å². The van der Waals surface area contributed by atoms with Crippen LogP contribution in [0.25, 0.3) is 0 Å². The van der Waals surface area contributed by atoms with Crippen molar-refractivity contribution in [3.8, 4) is 0 Å². The summed E-state index contributed by atoms with van der Waals surface area (Å²) in [5.41, 5.74) is 0. The van der Waals surface area contributed by atoms with E-state index in [1.165, 1.54) is 173 Å². The van der Waals surface area contributed by atoms with Crippen LogP contribution < -0.4 is 0 Å². The van der Waals surface area contributed by atoms with E-state index in [4.69, 9.17) is 28.4 Å². The summed E-state index contributed by atoms with van der Waals surface area (Å²) in [6.45, 7) is 3.74. The second-order valence-electron chi connectivity index (χ2n) is 20.8. The number of aliphatic hydroxyl groups is 7. The fourth-order valence-electron chi connectivity index (χ4n) is 9.52. The molecule has 0 bridgehead atoms. The average Bonchev–Trinajstić information content (AvgIpc) is 3.37. The Morgan fingerprint density at radius 1 is 0.451 bits per heavy atom. The fourth-order valence-corrected chi connectivity index (χ4v) is 9.52. The minimum atomic E-state index is -1.70. The number of allylic oxidation sites excluding steroid dienone is 2. The van der Waals surface area contributed by atoms with Crippen LogP contribution >= 0.6 is 0 Å². The van der Waals surface area contributed by atoms with Gasteiger partial charge in [0.25, 0.3) is 0 Å². The molecule has 0 aromatic carbocycles. The third-order valence-corrected chi connectivity index (χ3v) is 14.3. The molecule has 0 aliphatic carbocycles. The van der Waals surface area contributed by atoms with Gasteiger partial charge in [-0.2, -0.15) is 0 Å². The summed E-state index contributed by atoms with van der Waals surface area (Å²) in [5.74, 6) is -0.375. The van der Waals surface area contributed by atoms with Gasteiger partial charge in [0, 0.05) is 13.0 Å². The van der Waals surface area contributed by atoms with Gasteiger partial charge in [0.05, 0.1) is 26.4 Å². The zero-order valence-corrected chi connectivity index (χ0v) is 45.0. The van der Waals surface area contributed by atoms with Crippen LogP contribution in [0.1, 0.15) is 245 Å². The molecule has 14 nitrogen and oxygen atoms in total. The Hall–Kier alpha value is -1.27. The summed E-state index contributed by atoms with van der Waals surface area (Å²) in [6.07, 6.45) is 32.7. The molecule has 2 heterocycles. The van der Waals surface area contributed by atoms with Gasteiger partial charge >= 0.3 is 5.97 Å². The van der Waals surface area contributed by atoms with Crippen molar-refractivity contribution in [3.63, 3.8) is 0 Å². The van der Waals surface area contributed by atoms with E-state index < -0.39 is 80.7 Å². The summed E-state index contributed by atoms with van der Waals surface area (Å²) in [5, 5.41) is 72.3. The van der Waals surface area contributed by atoms with Crippen LogP contribution in [0, 0.1) is 0 Å². The lowest BCUT2D eigenvalue weighted by molar-refractivity contribution is -0.332. The largest absolute Gasteiger partial charge is 0.457 e. The first kappa shape index (κ1) is 65.8. The third-order valence-electron chi connectivity index (χ3n) is 14.3. The molecule has 0 aromatic rings. The lowest BCUT2D eigenvalue weighted by Crippen LogP contribution is -2.61. The summed E-state index contributed by atoms with van der Waals surface area (Å²) >= 11 is 0. The third kappa shape index (κ3) is 32.0. The molecule has 71 heavy (non-hydrogen) atoms. The summed E-state index contributed by atoms with van der Waals surface area (Å²) in [7, 11) is 0. The Kier molecular flexibility index (Phi) is 41.7. The number of hydrogen-bond acceptors (Lipinski definition) is 14. The first-order valence-electron chi connectivity index (χ1n) is 29.3. The molecule has 14 heteroatoms. The van der Waals surface area contributed by atoms with E-state index >= 15 is 0 Å². The van der Waals surface area contributed by atoms with E-state index in [1.807, 2.05) is 0 Å². The zero-order valence-electron chi connectivity index (χ0n) is 45.0. The van der Waals surface area contributed by atoms with Crippen molar-refractivity contribution in [1.82, 2.24) is 0 Å². The van der Waals surface area contributed by atoms with Crippen LogP contribution in [-0.2, 0) is 33.2 Å². The van der Waals surface area contributed by atoms with E-state index in [2.05, 4.69) is 26.0 Å². The lowest BCUT2D eigenvalue weighted by Gasteiger charge is -2.42. The minimum absolute atomic E-state index is 0.0662. The fraction of sp³-hybridized carbons (Fsp3) is 0.947. The number of unbranched alkanes of at least 4 members (excludes halogenated alkanes) is 32. The molecule has 0 aromatic heterocycles. The summed E-state index contributed by atoms with van der Waals surface area (Å²) in [6, 6.07) is 0. The predicted octanol–water partition coefficient (Wildman–Crippen LogP) is 10.2. The van der Waals surface area contributed by atoms with Gasteiger partial charge in [0.1, 0.15) is 54.9 Å². The molecule has 2 fully saturated rings. The van der Waals surface area contributed by atoms with Crippen LogP contribution in [0.5, 0.6) is 0 Å². The topological polar surface area (TPSA) is 214 Å². The molecule has 420 valence electrons. The Morgan fingerprint density at radius 2 is 0.831 bits per heavy atom. The molecule has 7 N–H and O–H groups in total. The lowest BCUT2D eigenvalue weighted by atomic mass is 9.98. The molecule has 11 unspecified atom stereocenters. The number of carbonyl (C=O) groups is 1. The predicted molar refractivity (Wildman–Crippen MR) is 280 cm³/mol. The van der Waals surface area contributed by atoms with Crippen molar-refractivity contribution in [2.75, 3.05) is 33.0 Å². The van der Waals surface area contributed by atoms with Crippen LogP contribution in [0.2, 0.25) is 0 Å². The average molecular weight is 1020 g/mol. The monoisotopic (exact) mass is 1020 g/mol. The van der Waals surface area contributed by atoms with E-state index in [-0.39, 0.29) is 25.6 Å². The molecule has 2 saturated heterocycles. The Morgan fingerprint density at radius 3 is 1.28 bits per heavy atom. The number of rotatable bonds is 48. The maximum Gasteiger partial charge on any atom is 0.306 e. The van der Waals surface area contributed by atoms with Crippen molar-refractivity contribution in [3.05, 3.63) is 12.2 Å². The van der Waals surface area contributed by atoms with Gasteiger partial charge in [-0.3, -0.25) is 4.79 Å². The molecule has 0 amide bonds. The van der Waals surface area contributed by atoms with Gasteiger partial charge in [-0.1, -0.05) is 212 Å². The highest BCUT2D eigenvalue weighted by Gasteiger charge is 2.47. The van der Waals surface area contributed by atoms with E-state index in [0.29, 0.717) is 13.0 Å². The number of esters is 1. The van der Waals surface area contributed by atoms with Crippen molar-refractivity contribution >= 4 is 5.97 Å². The second kappa shape index (κ2) is 45.0. The summed E-state index contributed by atoms with van der Waals surface area (Å²) in [4.78, 5) is 13.1. The van der Waals surface area contributed by atoms with Crippen LogP contribution in [0.3, 0.4) is 0 Å². The molecule has 11 atom stereocenters. The van der Waals surface area contributed by atoms with E-state index in [0.717, 1.165) is 44.9 Å². The number of hydrogen-bond donors (Lipinski definition) is 7. The van der Waals surface area contributed by atoms with Crippen LogP contribution in [0.15, 0.2) is 12.2 Å². The molecule has 2 aliphatic rings. The SMILES string of the molecule is CCCCCCCCC/C=C\CCCCCCCCCC(=O)OC(COCCCCCCCCCCCCCCCCCCCCC)COC1OC(COC2OC(CO)C(O)C(O)C2O)C(O)C(O)C1O. The standard InChI is InChI=1S/C57H108O14/c1-3-5-7-9-11-13-15-17-19-21-23-25-27-29-31-33-35-37-39-41-66-43-46(69-49(59)40-38-36-34-32-30-28-26-24-22-20-18-16-14-12-10-8-6-4-2)44-67-56-55(65)53(63)51(61)48(71-56)45-68-57-54(64)52(62)50(60)47(42-58)70-57/h20,22,46-48,50-58,60-65H,3-19,21,23-45H2,1-2H3/b22-20-. The molecular weight excluding hydrogens is 909 g/mol. The highest BCUT2D eigenvalue weighted by Crippen LogP contribution is 2.27. The van der Waals surface area contributed by atoms with Gasteiger partial charge < -0.3 is 64.2 Å². The maximum absolute atomic E-state index is 13.1. The molecular formula is C57H108O14. The molecule has 0 saturated carbocycles. The van der Waals surface area contributed by atoms with Gasteiger partial charge in [0.15, 0.2) is 12.6 Å². The smallest absolute Gasteiger partial charge is 0.306 e. The Balaban J connectivity index is 1.71.